The van der Waals surface area contributed by atoms with Crippen molar-refractivity contribution < 1.29 is 13.2 Å². The molecule has 0 aromatic heterocycles. The van der Waals surface area contributed by atoms with Gasteiger partial charge in [0.25, 0.3) is 0 Å². The van der Waals surface area contributed by atoms with Crippen LogP contribution < -0.4 is 10.1 Å². The molecule has 152 valence electrons. The van der Waals surface area contributed by atoms with E-state index < -0.39 is 21.1 Å². The van der Waals surface area contributed by atoms with Gasteiger partial charge in [-0.2, -0.15) is 4.31 Å². The lowest BCUT2D eigenvalue weighted by Gasteiger charge is -2.49. The van der Waals surface area contributed by atoms with Crippen LogP contribution in [0.5, 0.6) is 5.75 Å². The molecule has 0 radical (unpaired) electrons. The highest BCUT2D eigenvalue weighted by Crippen LogP contribution is 2.64. The Balaban J connectivity index is 1.69. The number of nitrogens with zero attached hydrogens (tertiary/aromatic N) is 1. The van der Waals surface area contributed by atoms with Crippen LogP contribution >= 0.6 is 11.6 Å². The first-order chi connectivity index (χ1) is 13.8. The molecule has 1 saturated heterocycles. The van der Waals surface area contributed by atoms with Crippen molar-refractivity contribution in [2.75, 3.05) is 19.0 Å². The number of hydrogen-bond donors (Lipinski definition) is 1. The Morgan fingerprint density at radius 3 is 2.66 bits per heavy atom. The zero-order chi connectivity index (χ0) is 20.4. The van der Waals surface area contributed by atoms with E-state index in [2.05, 4.69) is 11.9 Å². The fourth-order valence-electron chi connectivity index (χ4n) is 5.63. The minimum Gasteiger partial charge on any atom is -0.497 e. The largest absolute Gasteiger partial charge is 0.497 e. The van der Waals surface area contributed by atoms with E-state index in [1.165, 1.54) is 0 Å². The molecule has 3 aliphatic rings. The monoisotopic (exact) mass is 430 g/mol. The number of rotatable bonds is 3. The van der Waals surface area contributed by atoms with E-state index in [0.29, 0.717) is 18.0 Å². The summed E-state index contributed by atoms with van der Waals surface area (Å²) in [6, 6.07) is 12.3. The maximum atomic E-state index is 13.7. The number of hydrogen-bond acceptors (Lipinski definition) is 4. The highest BCUT2D eigenvalue weighted by molar-refractivity contribution is 7.89. The van der Waals surface area contributed by atoms with Crippen molar-refractivity contribution in [1.29, 1.82) is 0 Å². The summed E-state index contributed by atoms with van der Waals surface area (Å²) < 4.78 is 34.5. The van der Waals surface area contributed by atoms with Crippen LogP contribution in [0.15, 0.2) is 59.5 Å². The Morgan fingerprint density at radius 1 is 1.17 bits per heavy atom. The number of anilines is 1. The maximum absolute atomic E-state index is 13.7. The van der Waals surface area contributed by atoms with E-state index in [1.807, 2.05) is 18.2 Å². The molecule has 5 nitrogen and oxygen atoms in total. The van der Waals surface area contributed by atoms with Gasteiger partial charge in [-0.1, -0.05) is 23.8 Å². The highest BCUT2D eigenvalue weighted by Gasteiger charge is 2.69. The van der Waals surface area contributed by atoms with Crippen molar-refractivity contribution in [2.24, 2.45) is 0 Å². The first kappa shape index (κ1) is 19.0. The zero-order valence-corrected chi connectivity index (χ0v) is 17.8. The second-order valence-electron chi connectivity index (χ2n) is 8.04. The Morgan fingerprint density at radius 2 is 1.93 bits per heavy atom. The first-order valence-electron chi connectivity index (χ1n) is 9.78. The van der Waals surface area contributed by atoms with Gasteiger partial charge in [0.15, 0.2) is 0 Å². The minimum atomic E-state index is -3.71. The molecule has 2 aliphatic heterocycles. The SMILES string of the molecule is C=C1CCCC23Nc4ccc(OC)cc4C12CCN3S(=O)(=O)c1ccc(Cl)cc1. The average molecular weight is 431 g/mol. The molecule has 1 aliphatic carbocycles. The van der Waals surface area contributed by atoms with Gasteiger partial charge in [0, 0.05) is 17.3 Å². The molecule has 2 aromatic rings. The Bertz CT molecular complexity index is 1120. The normalized spacial score (nSPS) is 28.4. The molecule has 29 heavy (non-hydrogen) atoms. The lowest BCUT2D eigenvalue weighted by atomic mass is 9.62. The third kappa shape index (κ3) is 2.34. The van der Waals surface area contributed by atoms with Crippen molar-refractivity contribution >= 4 is 27.3 Å². The standard InChI is InChI=1S/C22H23ClN2O3S/c1-15-4-3-11-22-21(15,19-14-17(28-2)7-10-20(19)24-22)12-13-25(22)29(26,27)18-8-5-16(23)6-9-18/h5-10,14,24H,1,3-4,11-13H2,2H3. The number of ether oxygens (including phenoxy) is 1. The molecule has 0 amide bonds. The molecule has 2 unspecified atom stereocenters. The molecule has 1 saturated carbocycles. The van der Waals surface area contributed by atoms with Crippen molar-refractivity contribution in [3.05, 3.63) is 65.2 Å². The van der Waals surface area contributed by atoms with Crippen LogP contribution in [0.4, 0.5) is 5.69 Å². The lowest BCUT2D eigenvalue weighted by molar-refractivity contribution is 0.178. The number of nitrogens with one attached hydrogen (secondary N) is 1. The van der Waals surface area contributed by atoms with E-state index in [1.54, 1.807) is 35.7 Å². The quantitative estimate of drug-likeness (QED) is 0.726. The summed E-state index contributed by atoms with van der Waals surface area (Å²) in [5.74, 6) is 0.771. The molecule has 1 N–H and O–H groups in total. The minimum absolute atomic E-state index is 0.263. The molecule has 5 rings (SSSR count). The van der Waals surface area contributed by atoms with Crippen molar-refractivity contribution in [1.82, 2.24) is 4.31 Å². The number of methoxy groups -OCH3 is 1. The van der Waals surface area contributed by atoms with Crippen molar-refractivity contribution in [2.45, 2.75) is 41.7 Å². The van der Waals surface area contributed by atoms with E-state index in [9.17, 15) is 8.42 Å². The first-order valence-corrected chi connectivity index (χ1v) is 11.6. The highest BCUT2D eigenvalue weighted by atomic mass is 35.5. The summed E-state index contributed by atoms with van der Waals surface area (Å²) in [5, 5.41) is 4.14. The lowest BCUT2D eigenvalue weighted by Crippen LogP contribution is -2.61. The van der Waals surface area contributed by atoms with E-state index >= 15 is 0 Å². The van der Waals surface area contributed by atoms with Gasteiger partial charge < -0.3 is 10.1 Å². The van der Waals surface area contributed by atoms with Gasteiger partial charge in [-0.3, -0.25) is 0 Å². The summed E-state index contributed by atoms with van der Waals surface area (Å²) in [6.45, 7) is 4.86. The average Bonchev–Trinajstić information content (AvgIpc) is 3.19. The third-order valence-corrected chi connectivity index (χ3v) is 9.07. The predicted octanol–water partition coefficient (Wildman–Crippen LogP) is 4.54. The van der Waals surface area contributed by atoms with Crippen LogP contribution in [0.25, 0.3) is 0 Å². The van der Waals surface area contributed by atoms with E-state index in [-0.39, 0.29) is 4.90 Å². The fraction of sp³-hybridized carbons (Fsp3) is 0.364. The van der Waals surface area contributed by atoms with E-state index in [4.69, 9.17) is 16.3 Å². The third-order valence-electron chi connectivity index (χ3n) is 6.87. The number of benzene rings is 2. The van der Waals surface area contributed by atoms with Gasteiger partial charge in [0.2, 0.25) is 10.0 Å². The van der Waals surface area contributed by atoms with Gasteiger partial charge in [-0.25, -0.2) is 8.42 Å². The molecular formula is C22H23ClN2O3S. The van der Waals surface area contributed by atoms with Crippen LogP contribution in [0.1, 0.15) is 31.2 Å². The molecule has 2 fully saturated rings. The smallest absolute Gasteiger partial charge is 0.245 e. The number of fused-ring (bicyclic) bond motifs is 1. The molecule has 7 heteroatoms. The Hall–Kier alpha value is -2.02. The molecule has 2 aromatic carbocycles. The maximum Gasteiger partial charge on any atom is 0.245 e. The zero-order valence-electron chi connectivity index (χ0n) is 16.2. The summed E-state index contributed by atoms with van der Waals surface area (Å²) in [6.07, 6.45) is 3.22. The number of halogens is 1. The summed E-state index contributed by atoms with van der Waals surface area (Å²) in [4.78, 5) is 0.263. The topological polar surface area (TPSA) is 58.6 Å². The van der Waals surface area contributed by atoms with E-state index in [0.717, 1.165) is 41.8 Å². The Kier molecular flexibility index (Phi) is 4.08. The second-order valence-corrected chi connectivity index (χ2v) is 10.3. The fourth-order valence-corrected chi connectivity index (χ4v) is 7.53. The second kappa shape index (κ2) is 6.24. The van der Waals surface area contributed by atoms with Gasteiger partial charge in [0.1, 0.15) is 11.4 Å². The molecule has 0 bridgehead atoms. The molecule has 0 spiro atoms. The van der Waals surface area contributed by atoms with Crippen LogP contribution in [0.2, 0.25) is 5.02 Å². The van der Waals surface area contributed by atoms with Crippen molar-refractivity contribution in [3.8, 4) is 5.75 Å². The van der Waals surface area contributed by atoms with Gasteiger partial charge in [-0.15, -0.1) is 0 Å². The summed E-state index contributed by atoms with van der Waals surface area (Å²) in [7, 11) is -2.06. The van der Waals surface area contributed by atoms with Crippen LogP contribution in [-0.2, 0) is 15.4 Å². The molecule has 2 atom stereocenters. The molecule has 2 heterocycles. The molecular weight excluding hydrogens is 408 g/mol. The van der Waals surface area contributed by atoms with Crippen LogP contribution in [0.3, 0.4) is 0 Å². The van der Waals surface area contributed by atoms with Crippen LogP contribution in [0, 0.1) is 0 Å². The van der Waals surface area contributed by atoms with Gasteiger partial charge in [0.05, 0.1) is 17.4 Å². The van der Waals surface area contributed by atoms with Gasteiger partial charge >= 0.3 is 0 Å². The van der Waals surface area contributed by atoms with Crippen molar-refractivity contribution in [3.63, 3.8) is 0 Å². The van der Waals surface area contributed by atoms with Gasteiger partial charge in [-0.05, 0) is 73.7 Å². The predicted molar refractivity (Wildman–Crippen MR) is 114 cm³/mol. The summed E-state index contributed by atoms with van der Waals surface area (Å²) >= 11 is 5.98. The van der Waals surface area contributed by atoms with Crippen LogP contribution in [-0.4, -0.2) is 32.0 Å². The Labute approximate surface area is 176 Å². The summed E-state index contributed by atoms with van der Waals surface area (Å²) in [5.41, 5.74) is 1.96. The number of sulfonamides is 1.